The Kier molecular flexibility index (Phi) is 3.92. The second-order valence-corrected chi connectivity index (χ2v) is 5.71. The number of nitrogens with zero attached hydrogens (tertiary/aromatic N) is 1. The Hall–Kier alpha value is -2.59. The molecule has 0 radical (unpaired) electrons. The van der Waals surface area contributed by atoms with Gasteiger partial charge in [-0.05, 0) is 17.7 Å². The number of rotatable bonds is 3. The van der Waals surface area contributed by atoms with E-state index in [1.807, 2.05) is 18.2 Å². The van der Waals surface area contributed by atoms with E-state index in [-0.39, 0.29) is 17.7 Å². The minimum Gasteiger partial charge on any atom is -0.506 e. The lowest BCUT2D eigenvalue weighted by Gasteiger charge is -2.12. The summed E-state index contributed by atoms with van der Waals surface area (Å²) in [5.41, 5.74) is 0.504. The second-order valence-electron chi connectivity index (χ2n) is 5.31. The third-order valence-electron chi connectivity index (χ3n) is 3.83. The number of benzene rings is 2. The van der Waals surface area contributed by atoms with Gasteiger partial charge in [0, 0.05) is 13.5 Å². The SMILES string of the molecule is Cn1c(=O)c(C(=O)Cc2ccccc2)c(O)c2c(Cl)cccc21. The Bertz CT molecular complexity index is 961. The monoisotopic (exact) mass is 327 g/mol. The van der Waals surface area contributed by atoms with Crippen LogP contribution in [0, 0.1) is 0 Å². The van der Waals surface area contributed by atoms with Crippen LogP contribution in [0.3, 0.4) is 0 Å². The Morgan fingerprint density at radius 1 is 1.13 bits per heavy atom. The van der Waals surface area contributed by atoms with E-state index in [2.05, 4.69) is 0 Å². The summed E-state index contributed by atoms with van der Waals surface area (Å²) in [5.74, 6) is -0.786. The third-order valence-corrected chi connectivity index (χ3v) is 4.15. The van der Waals surface area contributed by atoms with Crippen molar-refractivity contribution in [1.82, 2.24) is 4.57 Å². The van der Waals surface area contributed by atoms with Gasteiger partial charge in [-0.1, -0.05) is 48.0 Å². The van der Waals surface area contributed by atoms with Crippen molar-refractivity contribution >= 4 is 28.3 Å². The van der Waals surface area contributed by atoms with Crippen LogP contribution in [0.5, 0.6) is 5.75 Å². The predicted octanol–water partition coefficient (Wildman–Crippen LogP) is 3.32. The molecule has 0 unspecified atom stereocenters. The molecule has 0 aliphatic carbocycles. The topological polar surface area (TPSA) is 59.3 Å². The first-order valence-electron chi connectivity index (χ1n) is 7.08. The lowest BCUT2D eigenvalue weighted by Crippen LogP contribution is -2.25. The standard InChI is InChI=1S/C18H14ClNO3/c1-20-13-9-5-8-12(19)15(13)17(22)16(18(20)23)14(21)10-11-6-3-2-4-7-11/h2-9,22H,10H2,1H3. The molecule has 0 saturated carbocycles. The quantitative estimate of drug-likeness (QED) is 0.751. The highest BCUT2D eigenvalue weighted by atomic mass is 35.5. The van der Waals surface area contributed by atoms with Crippen LogP contribution in [0.1, 0.15) is 15.9 Å². The number of aromatic hydroxyl groups is 1. The lowest BCUT2D eigenvalue weighted by molar-refractivity contribution is 0.0988. The van der Waals surface area contributed by atoms with Gasteiger partial charge in [0.2, 0.25) is 0 Å². The molecule has 3 aromatic rings. The molecule has 2 aromatic carbocycles. The van der Waals surface area contributed by atoms with Gasteiger partial charge in [0.15, 0.2) is 5.78 Å². The molecule has 0 aliphatic heterocycles. The molecule has 0 spiro atoms. The molecule has 0 saturated heterocycles. The summed E-state index contributed by atoms with van der Waals surface area (Å²) in [6.07, 6.45) is 0.0413. The number of pyridine rings is 1. The van der Waals surface area contributed by atoms with Gasteiger partial charge in [-0.2, -0.15) is 0 Å². The van der Waals surface area contributed by atoms with Gasteiger partial charge in [0.25, 0.3) is 5.56 Å². The molecule has 4 nitrogen and oxygen atoms in total. The molecule has 116 valence electrons. The Balaban J connectivity index is 2.20. The number of halogens is 1. The third kappa shape index (κ3) is 2.62. The van der Waals surface area contributed by atoms with Crippen LogP contribution in [0.2, 0.25) is 5.02 Å². The minimum atomic E-state index is -0.529. The number of aryl methyl sites for hydroxylation is 1. The molecule has 3 rings (SSSR count). The Morgan fingerprint density at radius 3 is 2.52 bits per heavy atom. The van der Waals surface area contributed by atoms with Gasteiger partial charge in [0.1, 0.15) is 11.3 Å². The highest BCUT2D eigenvalue weighted by molar-refractivity contribution is 6.36. The minimum absolute atomic E-state index is 0.0413. The maximum Gasteiger partial charge on any atom is 0.265 e. The molecule has 0 aliphatic rings. The lowest BCUT2D eigenvalue weighted by atomic mass is 10.0. The van der Waals surface area contributed by atoms with Gasteiger partial charge >= 0.3 is 0 Å². The van der Waals surface area contributed by atoms with Crippen molar-refractivity contribution < 1.29 is 9.90 Å². The molecule has 0 amide bonds. The van der Waals surface area contributed by atoms with E-state index < -0.39 is 11.3 Å². The fraction of sp³-hybridized carbons (Fsp3) is 0.111. The number of hydrogen-bond acceptors (Lipinski definition) is 3. The summed E-state index contributed by atoms with van der Waals surface area (Å²) in [7, 11) is 1.56. The maximum atomic E-state index is 12.5. The largest absolute Gasteiger partial charge is 0.506 e. The first-order chi connectivity index (χ1) is 11.0. The van der Waals surface area contributed by atoms with Crippen molar-refractivity contribution in [1.29, 1.82) is 0 Å². The predicted molar refractivity (Wildman–Crippen MR) is 90.3 cm³/mol. The van der Waals surface area contributed by atoms with Gasteiger partial charge in [-0.25, -0.2) is 0 Å². The van der Waals surface area contributed by atoms with E-state index in [1.165, 1.54) is 4.57 Å². The number of ketones is 1. The summed E-state index contributed by atoms with van der Waals surface area (Å²) >= 11 is 6.14. The summed E-state index contributed by atoms with van der Waals surface area (Å²) < 4.78 is 1.33. The van der Waals surface area contributed by atoms with Crippen LogP contribution < -0.4 is 5.56 Å². The van der Waals surface area contributed by atoms with E-state index in [4.69, 9.17) is 11.6 Å². The number of carbonyl (C=O) groups excluding carboxylic acids is 1. The molecule has 0 atom stereocenters. The average Bonchev–Trinajstić information content (AvgIpc) is 2.53. The normalized spacial score (nSPS) is 10.9. The average molecular weight is 328 g/mol. The zero-order chi connectivity index (χ0) is 16.6. The van der Waals surface area contributed by atoms with E-state index in [1.54, 1.807) is 37.4 Å². The van der Waals surface area contributed by atoms with Gasteiger partial charge in [-0.15, -0.1) is 0 Å². The van der Waals surface area contributed by atoms with Crippen LogP contribution in [0.4, 0.5) is 0 Å². The fourth-order valence-corrected chi connectivity index (χ4v) is 2.91. The molecule has 5 heteroatoms. The number of Topliss-reactive ketones (excluding diaryl/α,β-unsaturated/α-hetero) is 1. The molecule has 1 heterocycles. The van der Waals surface area contributed by atoms with E-state index >= 15 is 0 Å². The molecule has 0 bridgehead atoms. The smallest absolute Gasteiger partial charge is 0.265 e. The van der Waals surface area contributed by atoms with Gasteiger partial charge in [0.05, 0.1) is 15.9 Å². The number of aromatic nitrogens is 1. The maximum absolute atomic E-state index is 12.5. The molecular weight excluding hydrogens is 314 g/mol. The van der Waals surface area contributed by atoms with E-state index in [0.717, 1.165) is 5.56 Å². The van der Waals surface area contributed by atoms with E-state index in [0.29, 0.717) is 15.9 Å². The van der Waals surface area contributed by atoms with Crippen molar-refractivity contribution in [2.75, 3.05) is 0 Å². The van der Waals surface area contributed by atoms with Crippen LogP contribution in [0.15, 0.2) is 53.3 Å². The van der Waals surface area contributed by atoms with Crippen LogP contribution >= 0.6 is 11.6 Å². The van der Waals surface area contributed by atoms with Crippen molar-refractivity contribution in [3.63, 3.8) is 0 Å². The number of carbonyl (C=O) groups is 1. The Morgan fingerprint density at radius 2 is 1.83 bits per heavy atom. The molecule has 0 fully saturated rings. The zero-order valence-corrected chi connectivity index (χ0v) is 13.2. The Labute approximate surface area is 137 Å². The highest BCUT2D eigenvalue weighted by Crippen LogP contribution is 2.32. The van der Waals surface area contributed by atoms with Crippen LogP contribution in [-0.4, -0.2) is 15.5 Å². The first kappa shape index (κ1) is 15.3. The summed E-state index contributed by atoms with van der Waals surface area (Å²) in [6, 6.07) is 14.1. The second kappa shape index (κ2) is 5.89. The zero-order valence-electron chi connectivity index (χ0n) is 12.4. The number of fused-ring (bicyclic) bond motifs is 1. The van der Waals surface area contributed by atoms with Crippen LogP contribution in [0.25, 0.3) is 10.9 Å². The van der Waals surface area contributed by atoms with Crippen molar-refractivity contribution in [3.05, 3.63) is 75.0 Å². The van der Waals surface area contributed by atoms with Crippen LogP contribution in [-0.2, 0) is 13.5 Å². The van der Waals surface area contributed by atoms with Crippen molar-refractivity contribution in [2.45, 2.75) is 6.42 Å². The van der Waals surface area contributed by atoms with Gasteiger partial charge < -0.3 is 9.67 Å². The summed E-state index contributed by atoms with van der Waals surface area (Å²) in [6.45, 7) is 0. The van der Waals surface area contributed by atoms with Gasteiger partial charge in [-0.3, -0.25) is 9.59 Å². The summed E-state index contributed by atoms with van der Waals surface area (Å²) in [4.78, 5) is 25.0. The molecular formula is C18H14ClNO3. The summed E-state index contributed by atoms with van der Waals surface area (Å²) in [5, 5.41) is 11.1. The molecule has 1 aromatic heterocycles. The molecule has 23 heavy (non-hydrogen) atoms. The first-order valence-corrected chi connectivity index (χ1v) is 7.46. The van der Waals surface area contributed by atoms with E-state index in [9.17, 15) is 14.7 Å². The molecule has 1 N–H and O–H groups in total. The van der Waals surface area contributed by atoms with Crippen molar-refractivity contribution in [2.24, 2.45) is 7.05 Å². The number of hydrogen-bond donors (Lipinski definition) is 1. The fourth-order valence-electron chi connectivity index (χ4n) is 2.65. The highest BCUT2D eigenvalue weighted by Gasteiger charge is 2.22. The van der Waals surface area contributed by atoms with Crippen molar-refractivity contribution in [3.8, 4) is 5.75 Å².